The van der Waals surface area contributed by atoms with E-state index in [0.717, 1.165) is 38.5 Å². The molecule has 1 saturated heterocycles. The van der Waals surface area contributed by atoms with Crippen LogP contribution >= 0.6 is 0 Å². The first kappa shape index (κ1) is 17.7. The van der Waals surface area contributed by atoms with Crippen LogP contribution in [0.3, 0.4) is 0 Å². The summed E-state index contributed by atoms with van der Waals surface area (Å²) in [5, 5.41) is 12.5. The Kier molecular flexibility index (Phi) is 4.91. The molecule has 7 heteroatoms. The summed E-state index contributed by atoms with van der Waals surface area (Å²) in [5.74, 6) is -1.17. The van der Waals surface area contributed by atoms with Gasteiger partial charge >= 0.3 is 5.97 Å². The summed E-state index contributed by atoms with van der Waals surface area (Å²) in [6.07, 6.45) is 7.22. The summed E-state index contributed by atoms with van der Waals surface area (Å²) in [6, 6.07) is -0.291. The molecule has 24 heavy (non-hydrogen) atoms. The normalized spacial score (nSPS) is 34.8. The molecule has 1 aliphatic heterocycles. The topological polar surface area (TPSA) is 101 Å². The summed E-state index contributed by atoms with van der Waals surface area (Å²) >= 11 is 0. The Morgan fingerprint density at radius 2 is 1.62 bits per heavy atom. The molecule has 0 aromatic carbocycles. The fourth-order valence-electron chi connectivity index (χ4n) is 4.45. The average molecular weight is 357 g/mol. The maximum atomic E-state index is 12.6. The number of carbonyl (C=O) groups is 2. The molecule has 136 valence electrons. The van der Waals surface area contributed by atoms with E-state index in [0.29, 0.717) is 19.3 Å². The van der Waals surface area contributed by atoms with Gasteiger partial charge in [0.25, 0.3) is 0 Å². The molecule has 0 aromatic rings. The van der Waals surface area contributed by atoms with Crippen LogP contribution in [0.25, 0.3) is 0 Å². The van der Waals surface area contributed by atoms with Crippen molar-refractivity contribution in [3.8, 4) is 0 Å². The van der Waals surface area contributed by atoms with Crippen LogP contribution in [0.2, 0.25) is 0 Å². The van der Waals surface area contributed by atoms with E-state index >= 15 is 0 Å². The first-order valence-corrected chi connectivity index (χ1v) is 10.9. The van der Waals surface area contributed by atoms with Crippen molar-refractivity contribution >= 4 is 21.7 Å². The summed E-state index contributed by atoms with van der Waals surface area (Å²) in [5.41, 5.74) is -0.143. The molecule has 6 nitrogen and oxygen atoms in total. The SMILES string of the molecule is O=C(O)C1CCCCCCC1NC(=O)C1CC12CCS(=O)(=O)CC2. The molecule has 1 spiro atoms. The molecule has 3 rings (SSSR count). The Morgan fingerprint density at radius 1 is 1.00 bits per heavy atom. The molecule has 2 saturated carbocycles. The first-order chi connectivity index (χ1) is 11.3. The van der Waals surface area contributed by atoms with Gasteiger partial charge in [-0.3, -0.25) is 9.59 Å². The first-order valence-electron chi connectivity index (χ1n) is 9.07. The predicted octanol–water partition coefficient (Wildman–Crippen LogP) is 1.74. The van der Waals surface area contributed by atoms with Crippen molar-refractivity contribution in [3.63, 3.8) is 0 Å². The maximum Gasteiger partial charge on any atom is 0.308 e. The second-order valence-corrected chi connectivity index (χ2v) is 10.1. The van der Waals surface area contributed by atoms with Gasteiger partial charge < -0.3 is 10.4 Å². The van der Waals surface area contributed by atoms with E-state index in [1.807, 2.05) is 0 Å². The van der Waals surface area contributed by atoms with Crippen molar-refractivity contribution in [1.29, 1.82) is 0 Å². The second-order valence-electron chi connectivity index (χ2n) is 7.82. The number of rotatable bonds is 3. The fourth-order valence-corrected chi connectivity index (χ4v) is 6.09. The van der Waals surface area contributed by atoms with Crippen LogP contribution < -0.4 is 5.32 Å². The highest BCUT2D eigenvalue weighted by Crippen LogP contribution is 2.59. The van der Waals surface area contributed by atoms with E-state index in [4.69, 9.17) is 0 Å². The van der Waals surface area contributed by atoms with Gasteiger partial charge in [0.15, 0.2) is 0 Å². The number of hydrogen-bond donors (Lipinski definition) is 2. The smallest absolute Gasteiger partial charge is 0.308 e. The number of nitrogens with one attached hydrogen (secondary N) is 1. The van der Waals surface area contributed by atoms with Gasteiger partial charge in [-0.2, -0.15) is 0 Å². The second kappa shape index (κ2) is 6.65. The Bertz CT molecular complexity index is 600. The average Bonchev–Trinajstić information content (AvgIpc) is 3.20. The lowest BCUT2D eigenvalue weighted by atomic mass is 9.86. The van der Waals surface area contributed by atoms with Gasteiger partial charge in [-0.25, -0.2) is 8.42 Å². The lowest BCUT2D eigenvalue weighted by Gasteiger charge is -2.28. The molecule has 0 radical (unpaired) electrons. The molecule has 0 bridgehead atoms. The third-order valence-electron chi connectivity index (χ3n) is 6.24. The van der Waals surface area contributed by atoms with Crippen LogP contribution in [-0.4, -0.2) is 42.9 Å². The van der Waals surface area contributed by atoms with E-state index in [1.165, 1.54) is 0 Å². The van der Waals surface area contributed by atoms with Crippen LogP contribution in [0.1, 0.15) is 57.8 Å². The monoisotopic (exact) mass is 357 g/mol. The number of aliphatic carboxylic acids is 1. The Labute approximate surface area is 143 Å². The number of sulfone groups is 1. The molecule has 3 unspecified atom stereocenters. The standard InChI is InChI=1S/C17H27NO5S/c19-15(13-11-17(13)7-9-24(22,23)10-8-17)18-14-6-4-2-1-3-5-12(14)16(20)21/h12-14H,1-11H2,(H,18,19)(H,20,21). The van der Waals surface area contributed by atoms with Crippen LogP contribution in [-0.2, 0) is 19.4 Å². The van der Waals surface area contributed by atoms with Crippen molar-refractivity contribution in [1.82, 2.24) is 5.32 Å². The number of carbonyl (C=O) groups excluding carboxylic acids is 1. The fraction of sp³-hybridized carbons (Fsp3) is 0.882. The summed E-state index contributed by atoms with van der Waals surface area (Å²) in [4.78, 5) is 24.2. The van der Waals surface area contributed by atoms with Crippen LogP contribution in [0.4, 0.5) is 0 Å². The summed E-state index contributed by atoms with van der Waals surface area (Å²) in [7, 11) is -2.93. The number of amides is 1. The molecular formula is C17H27NO5S. The van der Waals surface area contributed by atoms with Crippen molar-refractivity contribution in [3.05, 3.63) is 0 Å². The third-order valence-corrected chi connectivity index (χ3v) is 7.89. The van der Waals surface area contributed by atoms with Gasteiger partial charge in [0.05, 0.1) is 17.4 Å². The number of carboxylic acids is 1. The number of hydrogen-bond acceptors (Lipinski definition) is 4. The van der Waals surface area contributed by atoms with Crippen molar-refractivity contribution < 1.29 is 23.1 Å². The van der Waals surface area contributed by atoms with E-state index < -0.39 is 21.7 Å². The van der Waals surface area contributed by atoms with Gasteiger partial charge in [-0.15, -0.1) is 0 Å². The van der Waals surface area contributed by atoms with Crippen molar-refractivity contribution in [2.75, 3.05) is 11.5 Å². The van der Waals surface area contributed by atoms with Crippen LogP contribution in [0, 0.1) is 17.3 Å². The highest BCUT2D eigenvalue weighted by molar-refractivity contribution is 7.91. The number of carboxylic acid groups (broad SMARTS) is 1. The molecule has 2 N–H and O–H groups in total. The van der Waals surface area contributed by atoms with Gasteiger partial charge in [-0.05, 0) is 37.5 Å². The minimum Gasteiger partial charge on any atom is -0.481 e. The largest absolute Gasteiger partial charge is 0.481 e. The van der Waals surface area contributed by atoms with Gasteiger partial charge in [-0.1, -0.05) is 25.7 Å². The molecule has 3 atom stereocenters. The summed E-state index contributed by atoms with van der Waals surface area (Å²) in [6.45, 7) is 0. The van der Waals surface area contributed by atoms with E-state index in [-0.39, 0.29) is 34.8 Å². The Morgan fingerprint density at radius 3 is 2.25 bits per heavy atom. The maximum absolute atomic E-state index is 12.6. The minimum atomic E-state index is -2.93. The van der Waals surface area contributed by atoms with Crippen LogP contribution in [0.15, 0.2) is 0 Å². The molecule has 3 aliphatic rings. The highest BCUT2D eigenvalue weighted by Gasteiger charge is 2.59. The highest BCUT2D eigenvalue weighted by atomic mass is 32.2. The van der Waals surface area contributed by atoms with E-state index in [9.17, 15) is 23.1 Å². The zero-order valence-electron chi connectivity index (χ0n) is 14.0. The third kappa shape index (κ3) is 3.76. The van der Waals surface area contributed by atoms with Crippen molar-refractivity contribution in [2.45, 2.75) is 63.8 Å². The zero-order chi connectivity index (χ0) is 17.4. The molecule has 3 fully saturated rings. The van der Waals surface area contributed by atoms with Gasteiger partial charge in [0.1, 0.15) is 9.84 Å². The Balaban J connectivity index is 1.60. The molecule has 1 amide bonds. The van der Waals surface area contributed by atoms with Gasteiger partial charge in [0, 0.05) is 12.0 Å². The lowest BCUT2D eigenvalue weighted by molar-refractivity contribution is -0.143. The van der Waals surface area contributed by atoms with Crippen LogP contribution in [0.5, 0.6) is 0 Å². The molecule has 1 heterocycles. The lowest BCUT2D eigenvalue weighted by Crippen LogP contribution is -2.45. The quantitative estimate of drug-likeness (QED) is 0.801. The minimum absolute atomic E-state index is 0.0638. The van der Waals surface area contributed by atoms with E-state index in [1.54, 1.807) is 0 Å². The molecule has 2 aliphatic carbocycles. The molecule has 0 aromatic heterocycles. The summed E-state index contributed by atoms with van der Waals surface area (Å²) < 4.78 is 23.2. The van der Waals surface area contributed by atoms with E-state index in [2.05, 4.69) is 5.32 Å². The Hall–Kier alpha value is -1.11. The van der Waals surface area contributed by atoms with Crippen molar-refractivity contribution in [2.24, 2.45) is 17.3 Å². The molecular weight excluding hydrogens is 330 g/mol. The van der Waals surface area contributed by atoms with Gasteiger partial charge in [0.2, 0.25) is 5.91 Å². The predicted molar refractivity (Wildman–Crippen MR) is 89.2 cm³/mol. The zero-order valence-corrected chi connectivity index (χ0v) is 14.8.